The SMILES string of the molecule is Cn1cc(-c2ccncc2N)cn1. The topological polar surface area (TPSA) is 56.7 Å². The van der Waals surface area contributed by atoms with Crippen LogP contribution in [0.3, 0.4) is 0 Å². The Hall–Kier alpha value is -1.84. The van der Waals surface area contributed by atoms with Crippen LogP contribution in [-0.2, 0) is 7.05 Å². The molecule has 2 aromatic heterocycles. The first-order valence-electron chi connectivity index (χ1n) is 3.96. The Morgan fingerprint density at radius 1 is 1.38 bits per heavy atom. The molecule has 0 aliphatic rings. The normalized spacial score (nSPS) is 10.2. The van der Waals surface area contributed by atoms with E-state index in [9.17, 15) is 0 Å². The van der Waals surface area contributed by atoms with Gasteiger partial charge in [0.05, 0.1) is 18.1 Å². The van der Waals surface area contributed by atoms with Gasteiger partial charge < -0.3 is 5.73 Å². The monoisotopic (exact) mass is 174 g/mol. The second-order valence-corrected chi connectivity index (χ2v) is 2.87. The third kappa shape index (κ3) is 1.38. The van der Waals surface area contributed by atoms with E-state index in [0.717, 1.165) is 11.1 Å². The van der Waals surface area contributed by atoms with Gasteiger partial charge in [-0.05, 0) is 6.07 Å². The largest absolute Gasteiger partial charge is 0.397 e. The second-order valence-electron chi connectivity index (χ2n) is 2.87. The summed E-state index contributed by atoms with van der Waals surface area (Å²) < 4.78 is 1.75. The Labute approximate surface area is 76.0 Å². The van der Waals surface area contributed by atoms with Gasteiger partial charge in [-0.15, -0.1) is 0 Å². The maximum Gasteiger partial charge on any atom is 0.0581 e. The van der Waals surface area contributed by atoms with Crippen LogP contribution in [0, 0.1) is 0 Å². The first kappa shape index (κ1) is 7.79. The highest BCUT2D eigenvalue weighted by Gasteiger charge is 2.02. The molecule has 0 saturated carbocycles. The van der Waals surface area contributed by atoms with Gasteiger partial charge in [0.15, 0.2) is 0 Å². The highest BCUT2D eigenvalue weighted by Crippen LogP contribution is 2.23. The maximum absolute atomic E-state index is 5.76. The number of aryl methyl sites for hydroxylation is 1. The van der Waals surface area contributed by atoms with E-state index in [4.69, 9.17) is 5.73 Å². The first-order chi connectivity index (χ1) is 6.27. The molecular weight excluding hydrogens is 164 g/mol. The molecule has 4 heteroatoms. The summed E-state index contributed by atoms with van der Waals surface area (Å²) in [5.74, 6) is 0. The van der Waals surface area contributed by atoms with Gasteiger partial charge in [0, 0.05) is 30.6 Å². The van der Waals surface area contributed by atoms with E-state index in [-0.39, 0.29) is 0 Å². The van der Waals surface area contributed by atoms with Gasteiger partial charge in [-0.25, -0.2) is 0 Å². The molecule has 4 nitrogen and oxygen atoms in total. The molecule has 2 N–H and O–H groups in total. The fraction of sp³-hybridized carbons (Fsp3) is 0.111. The summed E-state index contributed by atoms with van der Waals surface area (Å²) >= 11 is 0. The summed E-state index contributed by atoms with van der Waals surface area (Å²) in [5, 5.41) is 4.07. The molecular formula is C9H10N4. The molecule has 0 unspecified atom stereocenters. The fourth-order valence-corrected chi connectivity index (χ4v) is 1.23. The number of rotatable bonds is 1. The predicted molar refractivity (Wildman–Crippen MR) is 50.9 cm³/mol. The zero-order chi connectivity index (χ0) is 9.26. The van der Waals surface area contributed by atoms with E-state index in [1.54, 1.807) is 23.3 Å². The lowest BCUT2D eigenvalue weighted by atomic mass is 10.1. The van der Waals surface area contributed by atoms with Crippen molar-refractivity contribution in [1.29, 1.82) is 0 Å². The van der Waals surface area contributed by atoms with E-state index in [1.807, 2.05) is 19.3 Å². The molecule has 0 radical (unpaired) electrons. The molecule has 0 aliphatic heterocycles. The van der Waals surface area contributed by atoms with Crippen molar-refractivity contribution in [3.63, 3.8) is 0 Å². The van der Waals surface area contributed by atoms with Crippen molar-refractivity contribution in [1.82, 2.24) is 14.8 Å². The number of hydrogen-bond acceptors (Lipinski definition) is 3. The van der Waals surface area contributed by atoms with Gasteiger partial charge in [0.25, 0.3) is 0 Å². The van der Waals surface area contributed by atoms with Gasteiger partial charge in [-0.3, -0.25) is 9.67 Å². The van der Waals surface area contributed by atoms with E-state index >= 15 is 0 Å². The summed E-state index contributed by atoms with van der Waals surface area (Å²) in [6.07, 6.45) is 7.07. The van der Waals surface area contributed by atoms with Crippen LogP contribution >= 0.6 is 0 Å². The minimum absolute atomic E-state index is 0.676. The Morgan fingerprint density at radius 3 is 2.85 bits per heavy atom. The quantitative estimate of drug-likeness (QED) is 0.703. The summed E-state index contributed by atoms with van der Waals surface area (Å²) in [4.78, 5) is 3.93. The Balaban J connectivity index is 2.52. The van der Waals surface area contributed by atoms with Crippen molar-refractivity contribution in [2.45, 2.75) is 0 Å². The van der Waals surface area contributed by atoms with Crippen molar-refractivity contribution in [2.24, 2.45) is 7.05 Å². The van der Waals surface area contributed by atoms with E-state index in [0.29, 0.717) is 5.69 Å². The molecule has 0 bridgehead atoms. The molecule has 0 saturated heterocycles. The number of nitrogens with two attached hydrogens (primary N) is 1. The molecule has 0 aliphatic carbocycles. The van der Waals surface area contributed by atoms with E-state index in [1.165, 1.54) is 0 Å². The smallest absolute Gasteiger partial charge is 0.0581 e. The Morgan fingerprint density at radius 2 is 2.23 bits per heavy atom. The maximum atomic E-state index is 5.76. The number of pyridine rings is 1. The molecule has 0 amide bonds. The van der Waals surface area contributed by atoms with E-state index < -0.39 is 0 Å². The average molecular weight is 174 g/mol. The van der Waals surface area contributed by atoms with Crippen molar-refractivity contribution in [3.05, 3.63) is 30.9 Å². The number of aromatic nitrogens is 3. The van der Waals surface area contributed by atoms with Crippen LogP contribution < -0.4 is 5.73 Å². The van der Waals surface area contributed by atoms with Crippen molar-refractivity contribution < 1.29 is 0 Å². The third-order valence-electron chi connectivity index (χ3n) is 1.87. The molecule has 2 aromatic rings. The number of nitrogens with zero attached hydrogens (tertiary/aromatic N) is 3. The predicted octanol–water partition coefficient (Wildman–Crippen LogP) is 1.06. The summed E-state index contributed by atoms with van der Waals surface area (Å²) in [7, 11) is 1.88. The van der Waals surface area contributed by atoms with Crippen LogP contribution in [0.25, 0.3) is 11.1 Å². The number of anilines is 1. The first-order valence-corrected chi connectivity index (χ1v) is 3.96. The fourth-order valence-electron chi connectivity index (χ4n) is 1.23. The van der Waals surface area contributed by atoms with Gasteiger partial charge >= 0.3 is 0 Å². The second kappa shape index (κ2) is 2.90. The molecule has 0 fully saturated rings. The molecule has 0 atom stereocenters. The Kier molecular flexibility index (Phi) is 1.73. The van der Waals surface area contributed by atoms with Crippen LogP contribution in [0.4, 0.5) is 5.69 Å². The lowest BCUT2D eigenvalue weighted by molar-refractivity contribution is 0.768. The number of hydrogen-bond donors (Lipinski definition) is 1. The average Bonchev–Trinajstić information content (AvgIpc) is 2.53. The minimum Gasteiger partial charge on any atom is -0.397 e. The highest BCUT2D eigenvalue weighted by molar-refractivity contribution is 5.74. The Bertz CT molecular complexity index is 419. The third-order valence-corrected chi connectivity index (χ3v) is 1.87. The molecule has 2 heterocycles. The summed E-state index contributed by atoms with van der Waals surface area (Å²) in [6, 6.07) is 1.88. The van der Waals surface area contributed by atoms with Gasteiger partial charge in [-0.2, -0.15) is 5.10 Å². The summed E-state index contributed by atoms with van der Waals surface area (Å²) in [5.41, 5.74) is 8.43. The molecule has 66 valence electrons. The summed E-state index contributed by atoms with van der Waals surface area (Å²) in [6.45, 7) is 0. The van der Waals surface area contributed by atoms with Crippen LogP contribution in [0.1, 0.15) is 0 Å². The van der Waals surface area contributed by atoms with Crippen molar-refractivity contribution in [3.8, 4) is 11.1 Å². The molecule has 13 heavy (non-hydrogen) atoms. The van der Waals surface area contributed by atoms with Crippen LogP contribution in [-0.4, -0.2) is 14.8 Å². The van der Waals surface area contributed by atoms with Crippen LogP contribution in [0.5, 0.6) is 0 Å². The highest BCUT2D eigenvalue weighted by atomic mass is 15.2. The van der Waals surface area contributed by atoms with Crippen molar-refractivity contribution >= 4 is 5.69 Å². The molecule has 0 spiro atoms. The van der Waals surface area contributed by atoms with E-state index in [2.05, 4.69) is 10.1 Å². The van der Waals surface area contributed by atoms with Gasteiger partial charge in [-0.1, -0.05) is 0 Å². The van der Waals surface area contributed by atoms with Crippen LogP contribution in [0.2, 0.25) is 0 Å². The minimum atomic E-state index is 0.676. The lowest BCUT2D eigenvalue weighted by Crippen LogP contribution is -1.89. The zero-order valence-corrected chi connectivity index (χ0v) is 7.31. The van der Waals surface area contributed by atoms with Gasteiger partial charge in [0.2, 0.25) is 0 Å². The number of nitrogen functional groups attached to an aromatic ring is 1. The standard InChI is InChI=1S/C9H10N4/c1-13-6-7(4-12-13)8-2-3-11-5-9(8)10/h2-6H,10H2,1H3. The lowest BCUT2D eigenvalue weighted by Gasteiger charge is -1.99. The molecule has 2 rings (SSSR count). The van der Waals surface area contributed by atoms with Crippen molar-refractivity contribution in [2.75, 3.05) is 5.73 Å². The van der Waals surface area contributed by atoms with Gasteiger partial charge in [0.1, 0.15) is 0 Å². The zero-order valence-electron chi connectivity index (χ0n) is 7.31. The van der Waals surface area contributed by atoms with Crippen LogP contribution in [0.15, 0.2) is 30.9 Å². The molecule has 0 aromatic carbocycles.